The Bertz CT molecular complexity index is 1080. The quantitative estimate of drug-likeness (QED) is 0.361. The van der Waals surface area contributed by atoms with Gasteiger partial charge in [0, 0.05) is 17.7 Å². The van der Waals surface area contributed by atoms with E-state index < -0.39 is 19.9 Å². The number of rotatable bonds is 6. The highest BCUT2D eigenvalue weighted by Gasteiger charge is 2.26. The van der Waals surface area contributed by atoms with E-state index in [4.69, 9.17) is 8.92 Å². The maximum Gasteiger partial charge on any atom is 0.343 e. The van der Waals surface area contributed by atoms with Crippen LogP contribution in [0, 0.1) is 10.1 Å². The Balaban J connectivity index is 2.07. The van der Waals surface area contributed by atoms with Crippen LogP contribution in [0.4, 0.5) is 5.69 Å². The van der Waals surface area contributed by atoms with Gasteiger partial charge in [0.05, 0.1) is 12.0 Å². The molecule has 7 nitrogen and oxygen atoms in total. The Morgan fingerprint density at radius 1 is 0.889 bits per heavy atom. The van der Waals surface area contributed by atoms with Gasteiger partial charge in [0.25, 0.3) is 5.69 Å². The minimum absolute atomic E-state index is 0.0437. The summed E-state index contributed by atoms with van der Waals surface area (Å²) < 4.78 is 36.0. The average molecular weight is 385 g/mol. The predicted octanol–water partition coefficient (Wildman–Crippen LogP) is 4.04. The van der Waals surface area contributed by atoms with Crippen LogP contribution in [0.15, 0.2) is 77.7 Å². The largest absolute Gasteiger partial charge is 0.495 e. The molecule has 0 heterocycles. The third-order valence-corrected chi connectivity index (χ3v) is 5.06. The van der Waals surface area contributed by atoms with E-state index >= 15 is 0 Å². The standard InChI is InChI=1S/C19H15NO6S/c1-25-18-12-11-15(20(21)22)13-19(18)27(23,24)26-17-10-6-5-9-16(17)14-7-3-2-4-8-14/h2-13H,1H3. The van der Waals surface area contributed by atoms with Crippen LogP contribution in [-0.4, -0.2) is 20.5 Å². The van der Waals surface area contributed by atoms with Gasteiger partial charge in [-0.2, -0.15) is 8.42 Å². The molecular weight excluding hydrogens is 370 g/mol. The van der Waals surface area contributed by atoms with Gasteiger partial charge in [-0.3, -0.25) is 10.1 Å². The van der Waals surface area contributed by atoms with Crippen LogP contribution >= 0.6 is 0 Å². The van der Waals surface area contributed by atoms with Crippen molar-refractivity contribution in [1.29, 1.82) is 0 Å². The van der Waals surface area contributed by atoms with Gasteiger partial charge in [0.15, 0.2) is 10.6 Å². The summed E-state index contributed by atoms with van der Waals surface area (Å²) in [6.45, 7) is 0. The molecule has 3 rings (SSSR count). The molecule has 0 fully saturated rings. The van der Waals surface area contributed by atoms with Gasteiger partial charge in [0.1, 0.15) is 5.75 Å². The highest BCUT2D eigenvalue weighted by atomic mass is 32.2. The fraction of sp³-hybridized carbons (Fsp3) is 0.0526. The van der Waals surface area contributed by atoms with Crippen LogP contribution < -0.4 is 8.92 Å². The summed E-state index contributed by atoms with van der Waals surface area (Å²) >= 11 is 0. The molecule has 0 unspecified atom stereocenters. The van der Waals surface area contributed by atoms with Crippen molar-refractivity contribution >= 4 is 15.8 Å². The summed E-state index contributed by atoms with van der Waals surface area (Å²) in [7, 11) is -3.10. The molecule has 0 aliphatic carbocycles. The fourth-order valence-corrected chi connectivity index (χ4v) is 3.67. The molecule has 0 radical (unpaired) electrons. The number of non-ortho nitro benzene ring substituents is 1. The van der Waals surface area contributed by atoms with E-state index in [9.17, 15) is 18.5 Å². The second-order valence-corrected chi connectivity index (χ2v) is 7.01. The number of nitro benzene ring substituents is 1. The molecule has 0 aromatic heterocycles. The Morgan fingerprint density at radius 3 is 2.22 bits per heavy atom. The third-order valence-electron chi connectivity index (χ3n) is 3.80. The van der Waals surface area contributed by atoms with Crippen molar-refractivity contribution in [1.82, 2.24) is 0 Å². The van der Waals surface area contributed by atoms with E-state index in [1.54, 1.807) is 18.2 Å². The Kier molecular flexibility index (Phi) is 5.09. The lowest BCUT2D eigenvalue weighted by Crippen LogP contribution is -2.12. The molecule has 0 amide bonds. The highest BCUT2D eigenvalue weighted by Crippen LogP contribution is 2.34. The number of hydrogen-bond donors (Lipinski definition) is 0. The molecule has 27 heavy (non-hydrogen) atoms. The number of ether oxygens (including phenoxy) is 1. The number of methoxy groups -OCH3 is 1. The lowest BCUT2D eigenvalue weighted by atomic mass is 10.1. The van der Waals surface area contributed by atoms with Gasteiger partial charge in [-0.05, 0) is 17.7 Å². The Hall–Kier alpha value is -3.39. The van der Waals surface area contributed by atoms with Gasteiger partial charge < -0.3 is 8.92 Å². The van der Waals surface area contributed by atoms with E-state index in [2.05, 4.69) is 0 Å². The molecule has 0 aliphatic heterocycles. The first kappa shape index (κ1) is 18.4. The fourth-order valence-electron chi connectivity index (χ4n) is 2.53. The van der Waals surface area contributed by atoms with Crippen molar-refractivity contribution in [2.45, 2.75) is 4.90 Å². The molecule has 0 saturated carbocycles. The minimum Gasteiger partial charge on any atom is -0.495 e. The van der Waals surface area contributed by atoms with Crippen molar-refractivity contribution < 1.29 is 22.3 Å². The molecule has 0 spiro atoms. The number of hydrogen-bond acceptors (Lipinski definition) is 6. The zero-order valence-electron chi connectivity index (χ0n) is 14.2. The highest BCUT2D eigenvalue weighted by molar-refractivity contribution is 7.87. The normalized spacial score (nSPS) is 11.0. The number of benzene rings is 3. The molecule has 0 N–H and O–H groups in total. The topological polar surface area (TPSA) is 95.7 Å². The van der Waals surface area contributed by atoms with Gasteiger partial charge >= 0.3 is 10.1 Å². The first-order valence-electron chi connectivity index (χ1n) is 7.84. The second-order valence-electron chi connectivity index (χ2n) is 5.49. The van der Waals surface area contributed by atoms with Crippen molar-refractivity contribution in [2.24, 2.45) is 0 Å². The van der Waals surface area contributed by atoms with Gasteiger partial charge in [-0.25, -0.2) is 0 Å². The van der Waals surface area contributed by atoms with Crippen LogP contribution in [0.3, 0.4) is 0 Å². The Labute approximate surface area is 156 Å². The van der Waals surface area contributed by atoms with E-state index in [1.165, 1.54) is 19.2 Å². The molecule has 138 valence electrons. The van der Waals surface area contributed by atoms with Gasteiger partial charge in [0.2, 0.25) is 0 Å². The summed E-state index contributed by atoms with van der Waals surface area (Å²) in [6, 6.07) is 19.1. The average Bonchev–Trinajstić information content (AvgIpc) is 2.68. The SMILES string of the molecule is COc1ccc([N+](=O)[O-])cc1S(=O)(=O)Oc1ccccc1-c1ccccc1. The van der Waals surface area contributed by atoms with Crippen LogP contribution in [0.1, 0.15) is 0 Å². The summed E-state index contributed by atoms with van der Waals surface area (Å²) in [6.07, 6.45) is 0. The summed E-state index contributed by atoms with van der Waals surface area (Å²) in [5.74, 6) is 0.0649. The third kappa shape index (κ3) is 3.90. The van der Waals surface area contributed by atoms with E-state index in [-0.39, 0.29) is 17.2 Å². The Morgan fingerprint density at radius 2 is 1.56 bits per heavy atom. The number of nitrogens with zero attached hydrogens (tertiary/aromatic N) is 1. The molecule has 0 saturated heterocycles. The van der Waals surface area contributed by atoms with Crippen molar-refractivity contribution in [3.05, 3.63) is 82.9 Å². The van der Waals surface area contributed by atoms with Crippen LogP contribution in [0.5, 0.6) is 11.5 Å². The van der Waals surface area contributed by atoms with E-state index in [1.807, 2.05) is 30.3 Å². The summed E-state index contributed by atoms with van der Waals surface area (Å²) in [5.41, 5.74) is 0.967. The lowest BCUT2D eigenvalue weighted by Gasteiger charge is -2.13. The van der Waals surface area contributed by atoms with Crippen molar-refractivity contribution in [2.75, 3.05) is 7.11 Å². The first-order valence-corrected chi connectivity index (χ1v) is 9.24. The van der Waals surface area contributed by atoms with Crippen molar-refractivity contribution in [3.8, 4) is 22.6 Å². The minimum atomic E-state index is -4.37. The number of nitro groups is 1. The van der Waals surface area contributed by atoms with Crippen molar-refractivity contribution in [3.63, 3.8) is 0 Å². The molecule has 3 aromatic carbocycles. The van der Waals surface area contributed by atoms with Gasteiger partial charge in [-0.15, -0.1) is 0 Å². The first-order chi connectivity index (χ1) is 12.9. The lowest BCUT2D eigenvalue weighted by molar-refractivity contribution is -0.385. The van der Waals surface area contributed by atoms with Gasteiger partial charge in [-0.1, -0.05) is 48.5 Å². The zero-order chi connectivity index (χ0) is 19.4. The van der Waals surface area contributed by atoms with E-state index in [0.29, 0.717) is 5.56 Å². The van der Waals surface area contributed by atoms with E-state index in [0.717, 1.165) is 17.7 Å². The molecule has 0 atom stereocenters. The molecule has 8 heteroatoms. The zero-order valence-corrected chi connectivity index (χ0v) is 15.0. The van der Waals surface area contributed by atoms with Crippen LogP contribution in [-0.2, 0) is 10.1 Å². The molecular formula is C19H15NO6S. The molecule has 0 aliphatic rings. The maximum atomic E-state index is 12.8. The maximum absolute atomic E-state index is 12.8. The molecule has 3 aromatic rings. The molecule has 0 bridgehead atoms. The summed E-state index contributed by atoms with van der Waals surface area (Å²) in [5, 5.41) is 11.0. The smallest absolute Gasteiger partial charge is 0.343 e. The van der Waals surface area contributed by atoms with Crippen LogP contribution in [0.2, 0.25) is 0 Å². The monoisotopic (exact) mass is 385 g/mol. The predicted molar refractivity (Wildman–Crippen MR) is 99.3 cm³/mol. The van der Waals surface area contributed by atoms with Crippen LogP contribution in [0.25, 0.3) is 11.1 Å². The summed E-state index contributed by atoms with van der Waals surface area (Å²) in [4.78, 5) is 9.91. The number of para-hydroxylation sites is 1. The second kappa shape index (κ2) is 7.46.